The monoisotopic (exact) mass is 379 g/mol. The van der Waals surface area contributed by atoms with E-state index in [-0.39, 0.29) is 5.78 Å². The number of amides is 2. The number of benzene rings is 1. The lowest BCUT2D eigenvalue weighted by atomic mass is 9.94. The number of ketones is 1. The van der Waals surface area contributed by atoms with Gasteiger partial charge in [0.1, 0.15) is 10.8 Å². The molecule has 3 rings (SSSR count). The Balaban J connectivity index is 0.000000196. The van der Waals surface area contributed by atoms with Crippen molar-refractivity contribution in [2.24, 2.45) is 5.73 Å². The molecule has 0 spiro atoms. The van der Waals surface area contributed by atoms with E-state index in [1.165, 1.54) is 11.3 Å². The fraction of sp³-hybridized carbons (Fsp3) is 0.235. The highest BCUT2D eigenvalue weighted by Crippen LogP contribution is 2.36. The van der Waals surface area contributed by atoms with Gasteiger partial charge in [-0.1, -0.05) is 11.6 Å². The molecule has 2 aromatic rings. The van der Waals surface area contributed by atoms with Crippen molar-refractivity contribution in [1.82, 2.24) is 0 Å². The second-order valence-electron chi connectivity index (χ2n) is 5.31. The largest absolute Gasteiger partial charge is 0.379 e. The van der Waals surface area contributed by atoms with Gasteiger partial charge in [-0.25, -0.2) is 0 Å². The minimum atomic E-state index is -0.411. The van der Waals surface area contributed by atoms with Gasteiger partial charge in [-0.3, -0.25) is 14.4 Å². The lowest BCUT2D eigenvalue weighted by Crippen LogP contribution is -2.18. The molecule has 0 atom stereocenters. The number of Topliss-reactive ketones (excluding diaryl/α,β-unsaturated/α-hetero) is 1. The lowest BCUT2D eigenvalue weighted by molar-refractivity contribution is -0.118. The van der Waals surface area contributed by atoms with Crippen molar-refractivity contribution >= 4 is 51.7 Å². The number of carbonyl (C=O) groups excluding carboxylic acids is 3. The predicted molar refractivity (Wildman–Crippen MR) is 101 cm³/mol. The van der Waals surface area contributed by atoms with Crippen LogP contribution in [-0.2, 0) is 22.4 Å². The van der Waals surface area contributed by atoms with E-state index in [0.717, 1.165) is 21.1 Å². The number of thiophene rings is 1. The number of hydrogen-bond donors (Lipinski definition) is 3. The van der Waals surface area contributed by atoms with Crippen LogP contribution in [0, 0.1) is 0 Å². The molecule has 0 saturated heterocycles. The van der Waals surface area contributed by atoms with Gasteiger partial charge < -0.3 is 16.4 Å². The number of primary amides is 1. The molecule has 0 unspecified atom stereocenters. The summed E-state index contributed by atoms with van der Waals surface area (Å²) >= 11 is 7.06. The fourth-order valence-electron chi connectivity index (χ4n) is 2.50. The highest BCUT2D eigenvalue weighted by molar-refractivity contribution is 7.16. The number of fused-ring (bicyclic) bond motifs is 1. The molecule has 0 fully saturated rings. The second kappa shape index (κ2) is 8.64. The molecule has 1 aromatic heterocycles. The van der Waals surface area contributed by atoms with Crippen LogP contribution in [-0.4, -0.2) is 25.1 Å². The van der Waals surface area contributed by atoms with Crippen LogP contribution in [0.2, 0.25) is 5.02 Å². The molecule has 132 valence electrons. The van der Waals surface area contributed by atoms with Crippen molar-refractivity contribution in [1.29, 1.82) is 0 Å². The average Bonchev–Trinajstić information content (AvgIpc) is 2.95. The average molecular weight is 380 g/mol. The van der Waals surface area contributed by atoms with E-state index in [1.807, 2.05) is 0 Å². The third-order valence-corrected chi connectivity index (χ3v) is 5.15. The summed E-state index contributed by atoms with van der Waals surface area (Å²) in [7, 11) is 1.76. The van der Waals surface area contributed by atoms with Crippen molar-refractivity contribution < 1.29 is 14.4 Å². The zero-order valence-corrected chi connectivity index (χ0v) is 15.2. The first-order chi connectivity index (χ1) is 12.0. The van der Waals surface area contributed by atoms with Crippen LogP contribution in [0.25, 0.3) is 0 Å². The normalized spacial score (nSPS) is 12.5. The summed E-state index contributed by atoms with van der Waals surface area (Å²) in [6, 6.07) is 6.90. The van der Waals surface area contributed by atoms with Gasteiger partial charge in [0.05, 0.1) is 5.56 Å². The smallest absolute Gasteiger partial charge is 0.251 e. The summed E-state index contributed by atoms with van der Waals surface area (Å²) < 4.78 is 0. The Morgan fingerprint density at radius 1 is 1.28 bits per heavy atom. The summed E-state index contributed by atoms with van der Waals surface area (Å²) in [5.74, 6) is -0.173. The van der Waals surface area contributed by atoms with Crippen molar-refractivity contribution in [2.45, 2.75) is 19.3 Å². The number of carbonyl (C=O) groups is 3. The molecule has 1 aliphatic carbocycles. The molecular weight excluding hydrogens is 362 g/mol. The minimum Gasteiger partial charge on any atom is -0.379 e. The Bertz CT molecular complexity index is 787. The van der Waals surface area contributed by atoms with Crippen LogP contribution >= 0.6 is 22.9 Å². The number of halogens is 1. The van der Waals surface area contributed by atoms with E-state index in [9.17, 15) is 14.4 Å². The number of anilines is 2. The molecule has 1 heterocycles. The van der Waals surface area contributed by atoms with E-state index >= 15 is 0 Å². The molecule has 8 heteroatoms. The van der Waals surface area contributed by atoms with Crippen molar-refractivity contribution in [3.05, 3.63) is 45.3 Å². The van der Waals surface area contributed by atoms with Gasteiger partial charge in [0.25, 0.3) is 5.91 Å². The Kier molecular flexibility index (Phi) is 6.55. The molecule has 4 N–H and O–H groups in total. The number of nitrogens with two attached hydrogens (primary N) is 1. The highest BCUT2D eigenvalue weighted by atomic mass is 35.5. The molecule has 25 heavy (non-hydrogen) atoms. The first kappa shape index (κ1) is 19.0. The summed E-state index contributed by atoms with van der Waals surface area (Å²) in [5.41, 5.74) is 7.63. The van der Waals surface area contributed by atoms with E-state index < -0.39 is 5.91 Å². The lowest BCUT2D eigenvalue weighted by Gasteiger charge is -2.10. The van der Waals surface area contributed by atoms with Gasteiger partial charge in [-0.2, -0.15) is 0 Å². The third-order valence-electron chi connectivity index (χ3n) is 3.65. The van der Waals surface area contributed by atoms with Gasteiger partial charge >= 0.3 is 0 Å². The molecule has 0 saturated carbocycles. The van der Waals surface area contributed by atoms with Gasteiger partial charge in [0.2, 0.25) is 6.41 Å². The predicted octanol–water partition coefficient (Wildman–Crippen LogP) is 2.85. The molecular formula is C17H18ClN3O3S. The Hall–Kier alpha value is -2.38. The molecule has 1 aromatic carbocycles. The number of rotatable bonds is 4. The van der Waals surface area contributed by atoms with Gasteiger partial charge in [-0.05, 0) is 36.2 Å². The Morgan fingerprint density at radius 3 is 2.52 bits per heavy atom. The molecule has 0 radical (unpaired) electrons. The zero-order valence-electron chi connectivity index (χ0n) is 13.6. The molecule has 0 bridgehead atoms. The highest BCUT2D eigenvalue weighted by Gasteiger charge is 2.26. The first-order valence-corrected chi connectivity index (χ1v) is 8.75. The van der Waals surface area contributed by atoms with Crippen LogP contribution in [0.15, 0.2) is 24.3 Å². The Labute approximate surface area is 154 Å². The van der Waals surface area contributed by atoms with Gasteiger partial charge in [0, 0.05) is 35.5 Å². The molecule has 6 nitrogen and oxygen atoms in total. The maximum Gasteiger partial charge on any atom is 0.251 e. The van der Waals surface area contributed by atoms with E-state index in [1.54, 1.807) is 31.3 Å². The van der Waals surface area contributed by atoms with Gasteiger partial charge in [-0.15, -0.1) is 11.3 Å². The topological polar surface area (TPSA) is 101 Å². The van der Waals surface area contributed by atoms with Crippen molar-refractivity contribution in [3.63, 3.8) is 0 Å². The maximum atomic E-state index is 11.3. The third kappa shape index (κ3) is 4.80. The van der Waals surface area contributed by atoms with Crippen LogP contribution in [0.3, 0.4) is 0 Å². The van der Waals surface area contributed by atoms with E-state index in [0.29, 0.717) is 36.3 Å². The molecule has 1 aliphatic rings. The van der Waals surface area contributed by atoms with Gasteiger partial charge in [0.15, 0.2) is 0 Å². The first-order valence-electron chi connectivity index (χ1n) is 7.55. The van der Waals surface area contributed by atoms with Crippen LogP contribution in [0.4, 0.5) is 10.7 Å². The summed E-state index contributed by atoms with van der Waals surface area (Å²) in [5, 5.41) is 6.89. The molecule has 0 aliphatic heterocycles. The maximum absolute atomic E-state index is 11.3. The zero-order chi connectivity index (χ0) is 18.4. The molecule has 2 amide bonds. The fourth-order valence-corrected chi connectivity index (χ4v) is 3.86. The van der Waals surface area contributed by atoms with Crippen molar-refractivity contribution in [3.8, 4) is 0 Å². The van der Waals surface area contributed by atoms with Crippen LogP contribution < -0.4 is 16.4 Å². The summed E-state index contributed by atoms with van der Waals surface area (Å²) in [6.07, 6.45) is 2.24. The van der Waals surface area contributed by atoms with Crippen LogP contribution in [0.1, 0.15) is 27.2 Å². The standard InChI is InChI=1S/C10H12N2O2S.C7H6ClNO/c1-12-10-8(9(11)14)6-3-2-5(13)4-7(6)15-10;8-6-1-3-7(4-2-6)9-5-10/h12H,2-4H2,1H3,(H2,11,14);1-5H,(H,9,10). The number of nitrogens with one attached hydrogen (secondary N) is 2. The Morgan fingerprint density at radius 2 is 1.96 bits per heavy atom. The number of hydrogen-bond acceptors (Lipinski definition) is 5. The minimum absolute atomic E-state index is 0.238. The second-order valence-corrected chi connectivity index (χ2v) is 6.85. The summed E-state index contributed by atoms with van der Waals surface area (Å²) in [6.45, 7) is 0. The summed E-state index contributed by atoms with van der Waals surface area (Å²) in [4.78, 5) is 33.5. The van der Waals surface area contributed by atoms with Crippen LogP contribution in [0.5, 0.6) is 0 Å². The van der Waals surface area contributed by atoms with E-state index in [4.69, 9.17) is 17.3 Å². The SMILES string of the molecule is CNc1sc2c(c1C(N)=O)CCC(=O)C2.O=CNc1ccc(Cl)cc1. The van der Waals surface area contributed by atoms with E-state index in [2.05, 4.69) is 10.6 Å². The quantitative estimate of drug-likeness (QED) is 0.711. The van der Waals surface area contributed by atoms with Crippen molar-refractivity contribution in [2.75, 3.05) is 17.7 Å².